The van der Waals surface area contributed by atoms with Crippen molar-refractivity contribution in [3.63, 3.8) is 0 Å². The van der Waals surface area contributed by atoms with Gasteiger partial charge in [0.15, 0.2) is 0 Å². The van der Waals surface area contributed by atoms with Gasteiger partial charge in [0.05, 0.1) is 12.7 Å². The molecule has 19 heavy (non-hydrogen) atoms. The summed E-state index contributed by atoms with van der Waals surface area (Å²) in [7, 11) is -3.67. The molecule has 2 heterocycles. The van der Waals surface area contributed by atoms with E-state index in [0.29, 0.717) is 6.54 Å². The van der Waals surface area contributed by atoms with Crippen LogP contribution in [0.5, 0.6) is 5.88 Å². The molecule has 0 aliphatic carbocycles. The van der Waals surface area contributed by atoms with Crippen molar-refractivity contribution in [2.75, 3.05) is 11.1 Å². The lowest BCUT2D eigenvalue weighted by Crippen LogP contribution is -2.09. The fourth-order valence-corrected chi connectivity index (χ4v) is 2.96. The highest BCUT2D eigenvalue weighted by Crippen LogP contribution is 2.21. The molecule has 0 unspecified atom stereocenters. The molecule has 0 spiro atoms. The van der Waals surface area contributed by atoms with Crippen LogP contribution in [0, 0.1) is 0 Å². The van der Waals surface area contributed by atoms with E-state index in [1.54, 1.807) is 6.07 Å². The first-order chi connectivity index (χ1) is 8.86. The summed E-state index contributed by atoms with van der Waals surface area (Å²) in [5, 5.41) is 17.1. The maximum absolute atomic E-state index is 11.1. The molecular weight excluding hydrogens is 290 g/mol. The zero-order chi connectivity index (χ0) is 14.0. The minimum Gasteiger partial charge on any atom is -0.492 e. The summed E-state index contributed by atoms with van der Waals surface area (Å²) in [4.78, 5) is 8.32. The Bertz CT molecular complexity index is 698. The van der Waals surface area contributed by atoms with Gasteiger partial charge in [-0.25, -0.2) is 18.5 Å². The van der Waals surface area contributed by atoms with E-state index in [4.69, 9.17) is 10.9 Å². The van der Waals surface area contributed by atoms with Gasteiger partial charge in [-0.1, -0.05) is 0 Å². The lowest BCUT2D eigenvalue weighted by molar-refractivity contribution is 0.456. The SMILES string of the molecule is Nc1cnc(NCc2ccc(S(N)(=O)=O)s2)nc1O. The van der Waals surface area contributed by atoms with E-state index in [2.05, 4.69) is 15.3 Å². The second-order valence-electron chi connectivity index (χ2n) is 3.59. The number of hydrogen-bond acceptors (Lipinski definition) is 8. The number of aromatic nitrogens is 2. The average Bonchev–Trinajstić information content (AvgIpc) is 2.79. The Morgan fingerprint density at radius 1 is 1.42 bits per heavy atom. The van der Waals surface area contributed by atoms with Crippen molar-refractivity contribution in [3.8, 4) is 5.88 Å². The van der Waals surface area contributed by atoms with Crippen molar-refractivity contribution in [2.45, 2.75) is 10.8 Å². The number of thiophene rings is 1. The zero-order valence-corrected chi connectivity index (χ0v) is 11.2. The number of rotatable bonds is 4. The van der Waals surface area contributed by atoms with Crippen molar-refractivity contribution >= 4 is 33.0 Å². The number of hydrogen-bond donors (Lipinski definition) is 4. The number of sulfonamides is 1. The van der Waals surface area contributed by atoms with Gasteiger partial charge in [-0.05, 0) is 12.1 Å². The van der Waals surface area contributed by atoms with Crippen LogP contribution in [-0.2, 0) is 16.6 Å². The van der Waals surface area contributed by atoms with Crippen molar-refractivity contribution in [1.29, 1.82) is 0 Å². The summed E-state index contributed by atoms with van der Waals surface area (Å²) in [6.45, 7) is 0.309. The molecule has 2 rings (SSSR count). The van der Waals surface area contributed by atoms with Gasteiger partial charge >= 0.3 is 0 Å². The van der Waals surface area contributed by atoms with Crippen molar-refractivity contribution in [1.82, 2.24) is 9.97 Å². The van der Waals surface area contributed by atoms with E-state index in [9.17, 15) is 13.5 Å². The van der Waals surface area contributed by atoms with Crippen molar-refractivity contribution in [2.24, 2.45) is 5.14 Å². The second-order valence-corrected chi connectivity index (χ2v) is 6.55. The molecule has 0 radical (unpaired) electrons. The topological polar surface area (TPSA) is 144 Å². The van der Waals surface area contributed by atoms with Gasteiger partial charge < -0.3 is 16.2 Å². The van der Waals surface area contributed by atoms with E-state index in [-0.39, 0.29) is 21.7 Å². The highest BCUT2D eigenvalue weighted by Gasteiger charge is 2.11. The first-order valence-electron chi connectivity index (χ1n) is 5.03. The quantitative estimate of drug-likeness (QED) is 0.626. The summed E-state index contributed by atoms with van der Waals surface area (Å²) in [5.41, 5.74) is 5.45. The van der Waals surface area contributed by atoms with Crippen LogP contribution in [0.15, 0.2) is 22.5 Å². The molecule has 0 bridgehead atoms. The van der Waals surface area contributed by atoms with E-state index < -0.39 is 10.0 Å². The van der Waals surface area contributed by atoms with Gasteiger partial charge in [0.25, 0.3) is 0 Å². The summed E-state index contributed by atoms with van der Waals surface area (Å²) in [6, 6.07) is 3.06. The first-order valence-corrected chi connectivity index (χ1v) is 7.39. The maximum Gasteiger partial charge on any atom is 0.247 e. The van der Waals surface area contributed by atoms with Crippen LogP contribution in [0.4, 0.5) is 11.6 Å². The molecule has 0 atom stereocenters. The predicted octanol–water partition coefficient (Wildman–Crippen LogP) is 0.0854. The summed E-state index contributed by atoms with van der Waals surface area (Å²) in [5.74, 6) is -0.119. The van der Waals surface area contributed by atoms with Crippen molar-refractivity contribution < 1.29 is 13.5 Å². The molecule has 0 amide bonds. The normalized spacial score (nSPS) is 11.4. The molecule has 0 saturated carbocycles. The molecule has 0 fully saturated rings. The van der Waals surface area contributed by atoms with Gasteiger partial charge in [0.1, 0.15) is 9.90 Å². The van der Waals surface area contributed by atoms with Crippen molar-refractivity contribution in [3.05, 3.63) is 23.2 Å². The predicted molar refractivity (Wildman–Crippen MR) is 71.1 cm³/mol. The van der Waals surface area contributed by atoms with Crippen LogP contribution < -0.4 is 16.2 Å². The molecule has 6 N–H and O–H groups in total. The Kier molecular flexibility index (Phi) is 3.55. The van der Waals surface area contributed by atoms with Gasteiger partial charge in [0.2, 0.25) is 21.9 Å². The van der Waals surface area contributed by atoms with Gasteiger partial charge in [-0.3, -0.25) is 0 Å². The Balaban J connectivity index is 2.06. The molecule has 0 aliphatic heterocycles. The van der Waals surface area contributed by atoms with Gasteiger partial charge in [-0.15, -0.1) is 11.3 Å². The summed E-state index contributed by atoms with van der Waals surface area (Å²) >= 11 is 1.05. The molecule has 102 valence electrons. The third-order valence-corrected chi connectivity index (χ3v) is 4.66. The maximum atomic E-state index is 11.1. The van der Waals surface area contributed by atoms with E-state index >= 15 is 0 Å². The average molecular weight is 301 g/mol. The molecule has 0 saturated heterocycles. The molecule has 8 nitrogen and oxygen atoms in total. The largest absolute Gasteiger partial charge is 0.492 e. The highest BCUT2D eigenvalue weighted by molar-refractivity contribution is 7.91. The fourth-order valence-electron chi connectivity index (χ4n) is 1.24. The number of aromatic hydroxyl groups is 1. The van der Waals surface area contributed by atoms with Gasteiger partial charge in [0, 0.05) is 4.88 Å². The number of nitrogens with zero attached hydrogens (tertiary/aromatic N) is 2. The van der Waals surface area contributed by atoms with Crippen LogP contribution in [0.2, 0.25) is 0 Å². The fraction of sp³-hybridized carbons (Fsp3) is 0.111. The Labute approximate surface area is 113 Å². The Morgan fingerprint density at radius 3 is 2.74 bits per heavy atom. The minimum atomic E-state index is -3.67. The first kappa shape index (κ1) is 13.5. The van der Waals surface area contributed by atoms with Crippen LogP contribution in [0.1, 0.15) is 4.88 Å². The molecule has 0 aromatic carbocycles. The molecule has 10 heteroatoms. The number of anilines is 2. The molecular formula is C9H11N5O3S2. The zero-order valence-electron chi connectivity index (χ0n) is 9.57. The number of primary sulfonamides is 1. The van der Waals surface area contributed by atoms with Gasteiger partial charge in [-0.2, -0.15) is 4.98 Å². The molecule has 2 aromatic heterocycles. The number of nitrogens with one attached hydrogen (secondary N) is 1. The number of nitrogen functional groups attached to an aromatic ring is 1. The van der Waals surface area contributed by atoms with Crippen LogP contribution in [0.3, 0.4) is 0 Å². The highest BCUT2D eigenvalue weighted by atomic mass is 32.2. The minimum absolute atomic E-state index is 0.0817. The summed E-state index contributed by atoms with van der Waals surface area (Å²) in [6.07, 6.45) is 1.27. The van der Waals surface area contributed by atoms with E-state index in [1.165, 1.54) is 12.3 Å². The lowest BCUT2D eigenvalue weighted by Gasteiger charge is -2.03. The van der Waals surface area contributed by atoms with Crippen LogP contribution in [-0.4, -0.2) is 23.5 Å². The van der Waals surface area contributed by atoms with Crippen LogP contribution in [0.25, 0.3) is 0 Å². The number of nitrogens with two attached hydrogens (primary N) is 2. The Morgan fingerprint density at radius 2 is 2.16 bits per heavy atom. The molecule has 0 aliphatic rings. The van der Waals surface area contributed by atoms with E-state index in [1.807, 2.05) is 0 Å². The molecule has 2 aromatic rings. The monoisotopic (exact) mass is 301 g/mol. The lowest BCUT2D eigenvalue weighted by atomic mass is 10.4. The summed E-state index contributed by atoms with van der Waals surface area (Å²) < 4.78 is 22.3. The Hall–Kier alpha value is -1.91. The third-order valence-electron chi connectivity index (χ3n) is 2.13. The van der Waals surface area contributed by atoms with E-state index in [0.717, 1.165) is 16.2 Å². The smallest absolute Gasteiger partial charge is 0.247 e. The third kappa shape index (κ3) is 3.30. The standard InChI is InChI=1S/C9H11N5O3S2/c10-6-4-13-9(14-8(6)15)12-3-5-1-2-7(18-5)19(11,16)17/h1-2,4H,3,10H2,(H2,11,16,17)(H2,12,13,14,15). The van der Waals surface area contributed by atoms with Crippen LogP contribution >= 0.6 is 11.3 Å². The second kappa shape index (κ2) is 4.99.